The maximum Gasteiger partial charge on any atom is 0.232 e. The van der Waals surface area contributed by atoms with Crippen molar-refractivity contribution < 1.29 is 17.8 Å². The Balaban J connectivity index is 2.04. The molecule has 1 N–H and O–H groups in total. The van der Waals surface area contributed by atoms with Gasteiger partial charge < -0.3 is 9.73 Å². The molecule has 0 fully saturated rings. The highest BCUT2D eigenvalue weighted by atomic mass is 32.2. The highest BCUT2D eigenvalue weighted by molar-refractivity contribution is 7.84. The van der Waals surface area contributed by atoms with Gasteiger partial charge >= 0.3 is 0 Å². The topological polar surface area (TPSA) is 72.2 Å². The highest BCUT2D eigenvalue weighted by Crippen LogP contribution is 2.24. The molecule has 0 saturated heterocycles. The average molecular weight is 352 g/mol. The lowest BCUT2D eigenvalue weighted by atomic mass is 10.2. The molecule has 1 aromatic carbocycles. The number of carbonyl (C=O) groups is 1. The molecule has 7 heteroatoms. The summed E-state index contributed by atoms with van der Waals surface area (Å²) < 4.78 is 31.4. The summed E-state index contributed by atoms with van der Waals surface area (Å²) >= 11 is 0. The largest absolute Gasteiger partial charge is 0.441 e. The number of halogens is 1. The SMILES string of the molecule is CC[C@H](C)NC(=O)C[S@](=O)Cc1nc(-c2ccccc2F)oc1C. The van der Waals surface area contributed by atoms with Gasteiger partial charge in [-0.1, -0.05) is 19.1 Å². The van der Waals surface area contributed by atoms with Crippen LogP contribution in [0.3, 0.4) is 0 Å². The van der Waals surface area contributed by atoms with Crippen LogP contribution in [0.2, 0.25) is 0 Å². The molecular formula is C17H21FN2O3S. The molecule has 0 spiro atoms. The van der Waals surface area contributed by atoms with Gasteiger partial charge in [0.2, 0.25) is 11.8 Å². The maximum atomic E-state index is 13.8. The van der Waals surface area contributed by atoms with E-state index in [4.69, 9.17) is 4.42 Å². The van der Waals surface area contributed by atoms with Crippen LogP contribution in [0.25, 0.3) is 11.5 Å². The van der Waals surface area contributed by atoms with Gasteiger partial charge in [0.25, 0.3) is 0 Å². The molecule has 130 valence electrons. The highest BCUT2D eigenvalue weighted by Gasteiger charge is 2.18. The molecule has 2 aromatic rings. The summed E-state index contributed by atoms with van der Waals surface area (Å²) in [6.45, 7) is 5.54. The van der Waals surface area contributed by atoms with Crippen LogP contribution >= 0.6 is 0 Å². The standard InChI is InChI=1S/C17H21FN2O3S/c1-4-11(2)19-16(21)10-24(22)9-15-12(3)23-17(20-15)13-7-5-6-8-14(13)18/h5-8,11H,4,9-10H2,1-3H3,(H,19,21)/t11-,24+/m0/s1. The van der Waals surface area contributed by atoms with E-state index >= 15 is 0 Å². The molecular weight excluding hydrogens is 331 g/mol. The van der Waals surface area contributed by atoms with E-state index < -0.39 is 16.6 Å². The smallest absolute Gasteiger partial charge is 0.232 e. The third kappa shape index (κ3) is 4.74. The maximum absolute atomic E-state index is 13.8. The number of carbonyl (C=O) groups excluding carboxylic acids is 1. The van der Waals surface area contributed by atoms with E-state index in [1.807, 2.05) is 13.8 Å². The van der Waals surface area contributed by atoms with Gasteiger partial charge in [0.05, 0.1) is 17.0 Å². The van der Waals surface area contributed by atoms with E-state index in [0.717, 1.165) is 6.42 Å². The summed E-state index contributed by atoms with van der Waals surface area (Å²) in [6.07, 6.45) is 0.812. The Bertz CT molecular complexity index is 745. The van der Waals surface area contributed by atoms with E-state index in [2.05, 4.69) is 10.3 Å². The molecule has 0 aliphatic rings. The molecule has 2 rings (SSSR count). The lowest BCUT2D eigenvalue weighted by Gasteiger charge is -2.10. The Morgan fingerprint density at radius 3 is 2.79 bits per heavy atom. The first-order valence-electron chi connectivity index (χ1n) is 7.76. The monoisotopic (exact) mass is 352 g/mol. The zero-order valence-corrected chi connectivity index (χ0v) is 14.8. The van der Waals surface area contributed by atoms with Gasteiger partial charge in [-0.05, 0) is 32.4 Å². The number of oxazole rings is 1. The molecule has 0 aliphatic heterocycles. The van der Waals surface area contributed by atoms with Crippen LogP contribution in [0.4, 0.5) is 4.39 Å². The predicted molar refractivity (Wildman–Crippen MR) is 91.2 cm³/mol. The van der Waals surface area contributed by atoms with Crippen molar-refractivity contribution in [2.75, 3.05) is 5.75 Å². The fraction of sp³-hybridized carbons (Fsp3) is 0.412. The number of nitrogens with zero attached hydrogens (tertiary/aromatic N) is 1. The molecule has 1 aromatic heterocycles. The van der Waals surface area contributed by atoms with Crippen LogP contribution in [0.15, 0.2) is 28.7 Å². The minimum atomic E-state index is -1.41. The molecule has 1 heterocycles. The molecule has 0 bridgehead atoms. The Kier molecular flexibility index (Phi) is 6.25. The Hall–Kier alpha value is -2.02. The normalized spacial score (nSPS) is 13.5. The second-order valence-electron chi connectivity index (χ2n) is 5.61. The van der Waals surface area contributed by atoms with Crippen molar-refractivity contribution in [1.29, 1.82) is 0 Å². The van der Waals surface area contributed by atoms with Gasteiger partial charge in [0.15, 0.2) is 0 Å². The van der Waals surface area contributed by atoms with Crippen LogP contribution in [-0.2, 0) is 21.3 Å². The van der Waals surface area contributed by atoms with Gasteiger partial charge in [-0.15, -0.1) is 0 Å². The summed E-state index contributed by atoms with van der Waals surface area (Å²) in [6, 6.07) is 6.22. The van der Waals surface area contributed by atoms with Crippen LogP contribution in [0.1, 0.15) is 31.7 Å². The predicted octanol–water partition coefficient (Wildman–Crippen LogP) is 2.95. The van der Waals surface area contributed by atoms with Crippen molar-refractivity contribution in [2.45, 2.75) is 39.0 Å². The Morgan fingerprint density at radius 2 is 2.12 bits per heavy atom. The van der Waals surface area contributed by atoms with Crippen LogP contribution in [-0.4, -0.2) is 26.9 Å². The third-order valence-electron chi connectivity index (χ3n) is 3.61. The summed E-state index contributed by atoms with van der Waals surface area (Å²) in [5.41, 5.74) is 0.732. The van der Waals surface area contributed by atoms with Gasteiger partial charge in [-0.3, -0.25) is 9.00 Å². The molecule has 0 saturated carbocycles. The quantitative estimate of drug-likeness (QED) is 0.831. The van der Waals surface area contributed by atoms with Crippen molar-refractivity contribution >= 4 is 16.7 Å². The molecule has 5 nitrogen and oxygen atoms in total. The number of rotatable bonds is 7. The molecule has 1 amide bonds. The van der Waals surface area contributed by atoms with Crippen LogP contribution < -0.4 is 5.32 Å². The fourth-order valence-corrected chi connectivity index (χ4v) is 3.13. The van der Waals surface area contributed by atoms with E-state index in [1.165, 1.54) is 6.07 Å². The fourth-order valence-electron chi connectivity index (χ4n) is 2.08. The molecule has 0 radical (unpaired) electrons. The van der Waals surface area contributed by atoms with E-state index in [0.29, 0.717) is 11.5 Å². The number of hydrogen-bond donors (Lipinski definition) is 1. The first kappa shape index (κ1) is 18.3. The first-order chi connectivity index (χ1) is 11.4. The first-order valence-corrected chi connectivity index (χ1v) is 9.25. The summed E-state index contributed by atoms with van der Waals surface area (Å²) in [5, 5.41) is 2.77. The summed E-state index contributed by atoms with van der Waals surface area (Å²) in [5.74, 6) is -0.0493. The molecule has 0 unspecified atom stereocenters. The van der Waals surface area contributed by atoms with Gasteiger partial charge in [-0.25, -0.2) is 9.37 Å². The number of amides is 1. The molecule has 24 heavy (non-hydrogen) atoms. The van der Waals surface area contributed by atoms with E-state index in [9.17, 15) is 13.4 Å². The van der Waals surface area contributed by atoms with Crippen LogP contribution in [0, 0.1) is 12.7 Å². The van der Waals surface area contributed by atoms with Crippen LogP contribution in [0.5, 0.6) is 0 Å². The zero-order valence-electron chi connectivity index (χ0n) is 14.0. The Labute approximate surface area is 143 Å². The molecule has 2 atom stereocenters. The summed E-state index contributed by atoms with van der Waals surface area (Å²) in [4.78, 5) is 16.0. The third-order valence-corrected chi connectivity index (χ3v) is 4.79. The minimum absolute atomic E-state index is 0.0518. The van der Waals surface area contributed by atoms with Gasteiger partial charge in [0, 0.05) is 16.8 Å². The van der Waals surface area contributed by atoms with Crippen molar-refractivity contribution in [3.05, 3.63) is 41.5 Å². The van der Waals surface area contributed by atoms with Crippen molar-refractivity contribution in [3.8, 4) is 11.5 Å². The van der Waals surface area contributed by atoms with E-state index in [-0.39, 0.29) is 34.9 Å². The lowest BCUT2D eigenvalue weighted by molar-refractivity contribution is -0.119. The lowest BCUT2D eigenvalue weighted by Crippen LogP contribution is -2.35. The number of hydrogen-bond acceptors (Lipinski definition) is 4. The van der Waals surface area contributed by atoms with E-state index in [1.54, 1.807) is 25.1 Å². The second-order valence-corrected chi connectivity index (χ2v) is 7.06. The Morgan fingerprint density at radius 1 is 1.42 bits per heavy atom. The van der Waals surface area contributed by atoms with Crippen molar-refractivity contribution in [2.24, 2.45) is 0 Å². The second kappa shape index (κ2) is 8.19. The average Bonchev–Trinajstić information content (AvgIpc) is 2.87. The van der Waals surface area contributed by atoms with Gasteiger partial charge in [0.1, 0.15) is 17.3 Å². The van der Waals surface area contributed by atoms with Crippen molar-refractivity contribution in [3.63, 3.8) is 0 Å². The molecule has 0 aliphatic carbocycles. The summed E-state index contributed by atoms with van der Waals surface area (Å²) in [7, 11) is -1.41. The van der Waals surface area contributed by atoms with Gasteiger partial charge in [-0.2, -0.15) is 0 Å². The number of benzene rings is 1. The number of nitrogens with one attached hydrogen (secondary N) is 1. The van der Waals surface area contributed by atoms with Crippen molar-refractivity contribution in [1.82, 2.24) is 10.3 Å². The minimum Gasteiger partial charge on any atom is -0.441 e. The number of aromatic nitrogens is 1. The zero-order chi connectivity index (χ0) is 17.7. The number of aryl methyl sites for hydroxylation is 1.